The Bertz CT molecular complexity index is 477. The van der Waals surface area contributed by atoms with E-state index in [0.717, 1.165) is 31.2 Å². The molecule has 2 saturated heterocycles. The predicted octanol–water partition coefficient (Wildman–Crippen LogP) is 0.508. The molecule has 1 N–H and O–H groups in total. The smallest absolute Gasteiger partial charge is 0.233 e. The Kier molecular flexibility index (Phi) is 4.26. The lowest BCUT2D eigenvalue weighted by molar-refractivity contribution is -0.130. The van der Waals surface area contributed by atoms with E-state index in [1.54, 1.807) is 6.33 Å². The van der Waals surface area contributed by atoms with Gasteiger partial charge in [-0.15, -0.1) is 10.2 Å². The maximum Gasteiger partial charge on any atom is 0.233 e. The van der Waals surface area contributed by atoms with Crippen LogP contribution in [0, 0.1) is 5.92 Å². The molecule has 20 heavy (non-hydrogen) atoms. The lowest BCUT2D eigenvalue weighted by Gasteiger charge is -2.41. The number of aromatic nitrogens is 3. The van der Waals surface area contributed by atoms with Gasteiger partial charge < -0.3 is 14.8 Å². The Morgan fingerprint density at radius 2 is 2.45 bits per heavy atom. The molecular formula is C13H21N5OS. The van der Waals surface area contributed by atoms with E-state index in [1.807, 2.05) is 16.5 Å². The number of aryl methyl sites for hydroxylation is 1. The lowest BCUT2D eigenvalue weighted by Crippen LogP contribution is -2.53. The van der Waals surface area contributed by atoms with Crippen LogP contribution in [0.1, 0.15) is 19.3 Å². The van der Waals surface area contributed by atoms with Crippen LogP contribution in [0.2, 0.25) is 0 Å². The quantitative estimate of drug-likeness (QED) is 0.823. The fraction of sp³-hybridized carbons (Fsp3) is 0.769. The third kappa shape index (κ3) is 2.98. The number of nitrogens with one attached hydrogen (secondary N) is 1. The zero-order chi connectivity index (χ0) is 13.9. The molecule has 1 aromatic rings. The van der Waals surface area contributed by atoms with E-state index in [0.29, 0.717) is 17.7 Å². The first-order chi connectivity index (χ1) is 9.74. The fourth-order valence-electron chi connectivity index (χ4n) is 3.09. The summed E-state index contributed by atoms with van der Waals surface area (Å²) in [5, 5.41) is 12.2. The number of amides is 1. The van der Waals surface area contributed by atoms with Crippen LogP contribution in [0.25, 0.3) is 0 Å². The van der Waals surface area contributed by atoms with Gasteiger partial charge in [0.05, 0.1) is 5.75 Å². The fourth-order valence-corrected chi connectivity index (χ4v) is 3.88. The second-order valence-electron chi connectivity index (χ2n) is 5.60. The van der Waals surface area contributed by atoms with E-state index in [2.05, 4.69) is 15.5 Å². The molecule has 0 spiro atoms. The number of hydrogen-bond acceptors (Lipinski definition) is 5. The van der Waals surface area contributed by atoms with Gasteiger partial charge in [-0.25, -0.2) is 0 Å². The van der Waals surface area contributed by atoms with Gasteiger partial charge in [-0.1, -0.05) is 11.8 Å². The molecule has 0 aromatic carbocycles. The molecule has 1 amide bonds. The maximum absolute atomic E-state index is 12.3. The minimum Gasteiger partial charge on any atom is -0.342 e. The Labute approximate surface area is 123 Å². The number of rotatable bonds is 3. The van der Waals surface area contributed by atoms with Crippen molar-refractivity contribution in [3.8, 4) is 0 Å². The van der Waals surface area contributed by atoms with Crippen LogP contribution in [0.15, 0.2) is 11.5 Å². The second kappa shape index (κ2) is 6.13. The number of carbonyl (C=O) groups is 1. The summed E-state index contributed by atoms with van der Waals surface area (Å²) >= 11 is 1.47. The number of thioether (sulfide) groups is 1. The second-order valence-corrected chi connectivity index (χ2v) is 6.55. The SMILES string of the molecule is Cn1cnnc1SCC(=O)N1CC[C@@H]2NCCC[C@@H]2C1. The Hall–Kier alpha value is -1.08. The molecule has 3 heterocycles. The number of piperidine rings is 2. The van der Waals surface area contributed by atoms with Crippen LogP contribution in [0.3, 0.4) is 0 Å². The van der Waals surface area contributed by atoms with Crippen molar-refractivity contribution in [2.24, 2.45) is 13.0 Å². The summed E-state index contributed by atoms with van der Waals surface area (Å²) in [6.07, 6.45) is 5.23. The van der Waals surface area contributed by atoms with E-state index in [1.165, 1.54) is 24.6 Å². The zero-order valence-corrected chi connectivity index (χ0v) is 12.6. The molecule has 7 heteroatoms. The minimum absolute atomic E-state index is 0.224. The van der Waals surface area contributed by atoms with Crippen LogP contribution in [-0.4, -0.2) is 57.0 Å². The molecule has 0 unspecified atom stereocenters. The molecule has 2 atom stereocenters. The van der Waals surface area contributed by atoms with Gasteiger partial charge in [-0.05, 0) is 31.7 Å². The molecule has 0 aliphatic carbocycles. The van der Waals surface area contributed by atoms with Crippen molar-refractivity contribution in [3.63, 3.8) is 0 Å². The summed E-state index contributed by atoms with van der Waals surface area (Å²) in [4.78, 5) is 14.3. The van der Waals surface area contributed by atoms with E-state index in [4.69, 9.17) is 0 Å². The van der Waals surface area contributed by atoms with Crippen molar-refractivity contribution >= 4 is 17.7 Å². The highest BCUT2D eigenvalue weighted by Gasteiger charge is 2.32. The van der Waals surface area contributed by atoms with Gasteiger partial charge in [-0.2, -0.15) is 0 Å². The van der Waals surface area contributed by atoms with Crippen LogP contribution < -0.4 is 5.32 Å². The molecular weight excluding hydrogens is 274 g/mol. The third-order valence-corrected chi connectivity index (χ3v) is 5.26. The predicted molar refractivity (Wildman–Crippen MR) is 77.4 cm³/mol. The highest BCUT2D eigenvalue weighted by atomic mass is 32.2. The molecule has 0 saturated carbocycles. The van der Waals surface area contributed by atoms with Gasteiger partial charge >= 0.3 is 0 Å². The molecule has 2 aliphatic rings. The molecule has 2 fully saturated rings. The van der Waals surface area contributed by atoms with Crippen molar-refractivity contribution in [3.05, 3.63) is 6.33 Å². The number of fused-ring (bicyclic) bond motifs is 1. The summed E-state index contributed by atoms with van der Waals surface area (Å²) in [7, 11) is 1.89. The van der Waals surface area contributed by atoms with Gasteiger partial charge in [-0.3, -0.25) is 4.79 Å². The van der Waals surface area contributed by atoms with E-state index in [9.17, 15) is 4.79 Å². The maximum atomic E-state index is 12.3. The van der Waals surface area contributed by atoms with Crippen LogP contribution in [0.5, 0.6) is 0 Å². The topological polar surface area (TPSA) is 63.1 Å². The standard InChI is InChI=1S/C13H21N5OS/c1-17-9-15-16-13(17)20-8-12(19)18-6-4-11-10(7-18)3-2-5-14-11/h9-11,14H,2-8H2,1H3/t10-,11+/m1/s1. The minimum atomic E-state index is 0.224. The van der Waals surface area contributed by atoms with Crippen molar-refractivity contribution < 1.29 is 4.79 Å². The highest BCUT2D eigenvalue weighted by molar-refractivity contribution is 7.99. The first-order valence-corrected chi connectivity index (χ1v) is 8.20. The average Bonchev–Trinajstić information content (AvgIpc) is 2.89. The third-order valence-electron chi connectivity index (χ3n) is 4.24. The lowest BCUT2D eigenvalue weighted by atomic mass is 9.85. The molecule has 6 nitrogen and oxygen atoms in total. The van der Waals surface area contributed by atoms with Crippen LogP contribution in [-0.2, 0) is 11.8 Å². The van der Waals surface area contributed by atoms with E-state index >= 15 is 0 Å². The summed E-state index contributed by atoms with van der Waals surface area (Å²) in [5.74, 6) is 1.32. The van der Waals surface area contributed by atoms with E-state index in [-0.39, 0.29) is 5.91 Å². The molecule has 0 bridgehead atoms. The van der Waals surface area contributed by atoms with Crippen LogP contribution in [0.4, 0.5) is 0 Å². The van der Waals surface area contributed by atoms with Gasteiger partial charge in [0, 0.05) is 26.2 Å². The Morgan fingerprint density at radius 3 is 3.25 bits per heavy atom. The molecule has 3 rings (SSSR count). The molecule has 1 aromatic heterocycles. The van der Waals surface area contributed by atoms with Gasteiger partial charge in [0.2, 0.25) is 5.91 Å². The summed E-state index contributed by atoms with van der Waals surface area (Å²) < 4.78 is 1.84. The van der Waals surface area contributed by atoms with Crippen LogP contribution >= 0.6 is 11.8 Å². The Morgan fingerprint density at radius 1 is 1.55 bits per heavy atom. The summed E-state index contributed by atoms with van der Waals surface area (Å²) in [5.41, 5.74) is 0. The molecule has 110 valence electrons. The summed E-state index contributed by atoms with van der Waals surface area (Å²) in [6, 6.07) is 0.624. The number of hydrogen-bond donors (Lipinski definition) is 1. The number of nitrogens with zero attached hydrogens (tertiary/aromatic N) is 4. The molecule has 2 aliphatic heterocycles. The largest absolute Gasteiger partial charge is 0.342 e. The highest BCUT2D eigenvalue weighted by Crippen LogP contribution is 2.25. The van der Waals surface area contributed by atoms with Gasteiger partial charge in [0.25, 0.3) is 0 Å². The average molecular weight is 295 g/mol. The number of carbonyl (C=O) groups excluding carboxylic acids is 1. The first-order valence-electron chi connectivity index (χ1n) is 7.22. The zero-order valence-electron chi connectivity index (χ0n) is 11.8. The van der Waals surface area contributed by atoms with Crippen molar-refractivity contribution in [2.45, 2.75) is 30.5 Å². The summed E-state index contributed by atoms with van der Waals surface area (Å²) in [6.45, 7) is 2.93. The Balaban J connectivity index is 1.51. The first kappa shape index (κ1) is 13.9. The van der Waals surface area contributed by atoms with Gasteiger partial charge in [0.1, 0.15) is 6.33 Å². The number of likely N-dealkylation sites (tertiary alicyclic amines) is 1. The van der Waals surface area contributed by atoms with Crippen molar-refractivity contribution in [1.29, 1.82) is 0 Å². The normalized spacial score (nSPS) is 26.4. The molecule has 0 radical (unpaired) electrons. The van der Waals surface area contributed by atoms with Crippen molar-refractivity contribution in [2.75, 3.05) is 25.4 Å². The van der Waals surface area contributed by atoms with E-state index < -0.39 is 0 Å². The monoisotopic (exact) mass is 295 g/mol. The van der Waals surface area contributed by atoms with Gasteiger partial charge in [0.15, 0.2) is 5.16 Å². The van der Waals surface area contributed by atoms with Crippen molar-refractivity contribution in [1.82, 2.24) is 25.0 Å².